The molecule has 7 heteroatoms. The van der Waals surface area contributed by atoms with Crippen LogP contribution in [0.5, 0.6) is 0 Å². The second-order valence-electron chi connectivity index (χ2n) is 5.28. The molecule has 0 aliphatic carbocycles. The number of anilines is 1. The van der Waals surface area contributed by atoms with E-state index in [-0.39, 0.29) is 21.5 Å². The largest absolute Gasteiger partial charge is 0.449 e. The van der Waals surface area contributed by atoms with Crippen molar-refractivity contribution in [1.29, 1.82) is 0 Å². The number of esters is 1. The standard InChI is InChI=1S/C18H13Cl2NO4/c1-10(17(22)21-16-12(19)6-4-7-13(16)20)24-18(23)15-9-11-5-2-3-8-14(11)25-15/h2-10H,1H3,(H,21,22)/t10-/m1/s1. The summed E-state index contributed by atoms with van der Waals surface area (Å²) in [6.45, 7) is 1.45. The number of nitrogens with one attached hydrogen (secondary N) is 1. The van der Waals surface area contributed by atoms with E-state index in [0.717, 1.165) is 5.39 Å². The number of hydrogen-bond donors (Lipinski definition) is 1. The van der Waals surface area contributed by atoms with Crippen LogP contribution in [0.25, 0.3) is 11.0 Å². The van der Waals surface area contributed by atoms with Crippen LogP contribution in [0.15, 0.2) is 52.9 Å². The normalized spacial score (nSPS) is 12.0. The number of para-hydroxylation sites is 2. The van der Waals surface area contributed by atoms with E-state index in [4.69, 9.17) is 32.4 Å². The quantitative estimate of drug-likeness (QED) is 0.654. The fourth-order valence-corrected chi connectivity index (χ4v) is 2.69. The van der Waals surface area contributed by atoms with Crippen LogP contribution in [0.1, 0.15) is 17.5 Å². The van der Waals surface area contributed by atoms with Gasteiger partial charge in [0.2, 0.25) is 5.76 Å². The third-order valence-electron chi connectivity index (χ3n) is 3.49. The molecular weight excluding hydrogens is 365 g/mol. The summed E-state index contributed by atoms with van der Waals surface area (Å²) >= 11 is 12.0. The molecule has 0 unspecified atom stereocenters. The van der Waals surface area contributed by atoms with E-state index >= 15 is 0 Å². The highest BCUT2D eigenvalue weighted by Crippen LogP contribution is 2.30. The van der Waals surface area contributed by atoms with E-state index in [0.29, 0.717) is 5.58 Å². The summed E-state index contributed by atoms with van der Waals surface area (Å²) in [6.07, 6.45) is -1.06. The molecular formula is C18H13Cl2NO4. The molecule has 0 aliphatic heterocycles. The predicted molar refractivity (Wildman–Crippen MR) is 96.2 cm³/mol. The Morgan fingerprint density at radius 1 is 1.08 bits per heavy atom. The molecule has 3 aromatic rings. The molecule has 0 saturated heterocycles. The molecule has 3 rings (SSSR count). The summed E-state index contributed by atoms with van der Waals surface area (Å²) in [6, 6.07) is 13.6. The molecule has 5 nitrogen and oxygen atoms in total. The summed E-state index contributed by atoms with van der Waals surface area (Å²) in [7, 11) is 0. The first-order valence-corrected chi connectivity index (χ1v) is 8.15. The fraction of sp³-hybridized carbons (Fsp3) is 0.111. The minimum absolute atomic E-state index is 0.0247. The van der Waals surface area contributed by atoms with Crippen molar-refractivity contribution in [2.75, 3.05) is 5.32 Å². The molecule has 0 saturated carbocycles. The number of carbonyl (C=O) groups is 2. The second kappa shape index (κ2) is 7.17. The van der Waals surface area contributed by atoms with Gasteiger partial charge in [0, 0.05) is 5.39 Å². The minimum Gasteiger partial charge on any atom is -0.449 e. The van der Waals surface area contributed by atoms with Gasteiger partial charge in [-0.2, -0.15) is 0 Å². The molecule has 1 aromatic heterocycles. The van der Waals surface area contributed by atoms with Crippen molar-refractivity contribution < 1.29 is 18.7 Å². The molecule has 0 bridgehead atoms. The van der Waals surface area contributed by atoms with Crippen molar-refractivity contribution in [2.24, 2.45) is 0 Å². The number of ether oxygens (including phenoxy) is 1. The van der Waals surface area contributed by atoms with Gasteiger partial charge in [-0.1, -0.05) is 47.5 Å². The zero-order valence-electron chi connectivity index (χ0n) is 13.1. The molecule has 1 heterocycles. The molecule has 2 aromatic carbocycles. The third kappa shape index (κ3) is 3.78. The third-order valence-corrected chi connectivity index (χ3v) is 4.12. The lowest BCUT2D eigenvalue weighted by molar-refractivity contribution is -0.123. The number of halogens is 2. The van der Waals surface area contributed by atoms with Gasteiger partial charge in [-0.15, -0.1) is 0 Å². The SMILES string of the molecule is C[C@@H](OC(=O)c1cc2ccccc2o1)C(=O)Nc1c(Cl)cccc1Cl. The van der Waals surface area contributed by atoms with Crippen molar-refractivity contribution in [3.63, 3.8) is 0 Å². The number of furan rings is 1. The number of benzene rings is 2. The lowest BCUT2D eigenvalue weighted by Crippen LogP contribution is -2.30. The van der Waals surface area contributed by atoms with Gasteiger partial charge in [0.15, 0.2) is 6.10 Å². The van der Waals surface area contributed by atoms with Crippen LogP contribution in [0, 0.1) is 0 Å². The highest BCUT2D eigenvalue weighted by molar-refractivity contribution is 6.39. The summed E-state index contributed by atoms with van der Waals surface area (Å²) in [4.78, 5) is 24.4. The van der Waals surface area contributed by atoms with Crippen molar-refractivity contribution in [3.8, 4) is 0 Å². The maximum Gasteiger partial charge on any atom is 0.375 e. The van der Waals surface area contributed by atoms with Gasteiger partial charge >= 0.3 is 5.97 Å². The zero-order chi connectivity index (χ0) is 18.0. The fourth-order valence-electron chi connectivity index (χ4n) is 2.20. The van der Waals surface area contributed by atoms with E-state index < -0.39 is 18.0 Å². The van der Waals surface area contributed by atoms with Gasteiger partial charge in [-0.3, -0.25) is 4.79 Å². The molecule has 1 N–H and O–H groups in total. The average Bonchev–Trinajstić information content (AvgIpc) is 3.02. The zero-order valence-corrected chi connectivity index (χ0v) is 14.6. The lowest BCUT2D eigenvalue weighted by Gasteiger charge is -2.14. The van der Waals surface area contributed by atoms with Crippen molar-refractivity contribution in [2.45, 2.75) is 13.0 Å². The first-order valence-electron chi connectivity index (χ1n) is 7.40. The van der Waals surface area contributed by atoms with E-state index in [9.17, 15) is 9.59 Å². The molecule has 1 amide bonds. The number of hydrogen-bond acceptors (Lipinski definition) is 4. The van der Waals surface area contributed by atoms with Crippen LogP contribution < -0.4 is 5.32 Å². The lowest BCUT2D eigenvalue weighted by atomic mass is 10.2. The Hall–Kier alpha value is -2.50. The number of fused-ring (bicyclic) bond motifs is 1. The molecule has 0 spiro atoms. The molecule has 0 radical (unpaired) electrons. The summed E-state index contributed by atoms with van der Waals surface area (Å²) in [5, 5.41) is 3.90. The van der Waals surface area contributed by atoms with Crippen LogP contribution in [0.3, 0.4) is 0 Å². The minimum atomic E-state index is -1.06. The number of rotatable bonds is 4. The summed E-state index contributed by atoms with van der Waals surface area (Å²) < 4.78 is 10.6. The molecule has 0 fully saturated rings. The van der Waals surface area contributed by atoms with E-state index in [2.05, 4.69) is 5.32 Å². The molecule has 128 valence electrons. The van der Waals surface area contributed by atoms with Gasteiger partial charge in [-0.05, 0) is 31.2 Å². The van der Waals surface area contributed by atoms with Gasteiger partial charge in [0.25, 0.3) is 5.91 Å². The van der Waals surface area contributed by atoms with E-state index in [1.807, 2.05) is 12.1 Å². The maximum absolute atomic E-state index is 12.2. The highest BCUT2D eigenvalue weighted by Gasteiger charge is 2.22. The molecule has 1 atom stereocenters. The average molecular weight is 378 g/mol. The maximum atomic E-state index is 12.2. The van der Waals surface area contributed by atoms with Crippen LogP contribution in [0.2, 0.25) is 10.0 Å². The second-order valence-corrected chi connectivity index (χ2v) is 6.10. The van der Waals surface area contributed by atoms with Crippen LogP contribution in [-0.2, 0) is 9.53 Å². The van der Waals surface area contributed by atoms with Gasteiger partial charge in [0.1, 0.15) is 5.58 Å². The smallest absolute Gasteiger partial charge is 0.375 e. The van der Waals surface area contributed by atoms with Crippen molar-refractivity contribution in [3.05, 3.63) is 64.3 Å². The Morgan fingerprint density at radius 3 is 2.44 bits per heavy atom. The van der Waals surface area contributed by atoms with Gasteiger partial charge < -0.3 is 14.5 Å². The topological polar surface area (TPSA) is 68.5 Å². The Balaban J connectivity index is 1.69. The predicted octanol–water partition coefficient (Wildman–Crippen LogP) is 4.92. The number of amides is 1. The van der Waals surface area contributed by atoms with Crippen LogP contribution in [0.4, 0.5) is 5.69 Å². The summed E-state index contributed by atoms with van der Waals surface area (Å²) in [5.74, 6) is -1.26. The molecule has 25 heavy (non-hydrogen) atoms. The van der Waals surface area contributed by atoms with Crippen LogP contribution >= 0.6 is 23.2 Å². The van der Waals surface area contributed by atoms with Crippen LogP contribution in [-0.4, -0.2) is 18.0 Å². The Kier molecular flexibility index (Phi) is 4.97. The monoisotopic (exact) mass is 377 g/mol. The van der Waals surface area contributed by atoms with Gasteiger partial charge in [0.05, 0.1) is 15.7 Å². The molecule has 0 aliphatic rings. The Morgan fingerprint density at radius 2 is 1.76 bits per heavy atom. The Labute approximate surface area is 153 Å². The first-order chi connectivity index (χ1) is 12.0. The summed E-state index contributed by atoms with van der Waals surface area (Å²) in [5.41, 5.74) is 0.830. The van der Waals surface area contributed by atoms with E-state index in [1.165, 1.54) is 6.92 Å². The van der Waals surface area contributed by atoms with Gasteiger partial charge in [-0.25, -0.2) is 4.79 Å². The van der Waals surface area contributed by atoms with Crippen molar-refractivity contribution in [1.82, 2.24) is 0 Å². The number of carbonyl (C=O) groups excluding carboxylic acids is 2. The van der Waals surface area contributed by atoms with Crippen molar-refractivity contribution >= 4 is 51.7 Å². The Bertz CT molecular complexity index is 898. The van der Waals surface area contributed by atoms with E-state index in [1.54, 1.807) is 36.4 Å². The highest BCUT2D eigenvalue weighted by atomic mass is 35.5. The first kappa shape index (κ1) is 17.3.